The first kappa shape index (κ1) is 16.1. The Balaban J connectivity index is 1.62. The molecule has 6 rings (SSSR count). The van der Waals surface area contributed by atoms with Crippen LogP contribution >= 0.6 is 0 Å². The predicted octanol–water partition coefficient (Wildman–Crippen LogP) is 2.15. The van der Waals surface area contributed by atoms with Gasteiger partial charge in [0.25, 0.3) is 5.91 Å². The Bertz CT molecular complexity index is 1050. The van der Waals surface area contributed by atoms with E-state index in [9.17, 15) is 9.90 Å². The van der Waals surface area contributed by atoms with E-state index < -0.39 is 11.5 Å². The van der Waals surface area contributed by atoms with E-state index in [-0.39, 0.29) is 25.5 Å². The highest BCUT2D eigenvalue weighted by Gasteiger charge is 2.56. The molecule has 7 nitrogen and oxygen atoms in total. The van der Waals surface area contributed by atoms with E-state index in [4.69, 9.17) is 18.9 Å². The first-order valence-corrected chi connectivity index (χ1v) is 9.31. The fourth-order valence-corrected chi connectivity index (χ4v) is 5.22. The lowest BCUT2D eigenvalue weighted by Gasteiger charge is -2.53. The summed E-state index contributed by atoms with van der Waals surface area (Å²) in [5.74, 6) is 2.25. The molecule has 0 saturated heterocycles. The number of aliphatic hydroxyl groups is 1. The van der Waals surface area contributed by atoms with Gasteiger partial charge in [-0.05, 0) is 41.3 Å². The van der Waals surface area contributed by atoms with Gasteiger partial charge in [-0.15, -0.1) is 0 Å². The van der Waals surface area contributed by atoms with Crippen LogP contribution in [0.5, 0.6) is 23.0 Å². The molecular formula is C21H19NO6. The summed E-state index contributed by atoms with van der Waals surface area (Å²) in [5.41, 5.74) is 2.54. The topological polar surface area (TPSA) is 77.5 Å². The standard InChI is InChI=1S/C21H19NO6/c1-21-12-3-4-13-18(28-9-25-13)17(12)20(24)22(2)19(21)11-7-15-14(26-8-27-15)5-10(11)6-16(21)23/h3-5,7,16,19,23H,6,8-9H2,1-2H3/t16-,19-,21-/m1/s1. The Morgan fingerprint density at radius 1 is 1.07 bits per heavy atom. The van der Waals surface area contributed by atoms with Crippen molar-refractivity contribution in [1.29, 1.82) is 0 Å². The van der Waals surface area contributed by atoms with Crippen molar-refractivity contribution in [3.63, 3.8) is 0 Å². The number of carbonyl (C=O) groups excluding carboxylic acids is 1. The third-order valence-corrected chi connectivity index (χ3v) is 6.64. The number of aliphatic hydroxyl groups excluding tert-OH is 1. The quantitative estimate of drug-likeness (QED) is 0.754. The van der Waals surface area contributed by atoms with Crippen molar-refractivity contribution in [2.45, 2.75) is 30.9 Å². The number of carbonyl (C=O) groups is 1. The molecule has 28 heavy (non-hydrogen) atoms. The second-order valence-corrected chi connectivity index (χ2v) is 7.95. The first-order valence-electron chi connectivity index (χ1n) is 9.31. The number of likely N-dealkylation sites (N-methyl/N-ethyl adjacent to an activating group) is 1. The SMILES string of the molecule is CN1C(=O)c2c(ccc3c2OCO3)[C@]2(C)[C@H](O)Cc3cc4c(cc3[C@@H]12)OCO4. The van der Waals surface area contributed by atoms with Gasteiger partial charge >= 0.3 is 0 Å². The number of ether oxygens (including phenoxy) is 4. The Hall–Kier alpha value is -2.93. The largest absolute Gasteiger partial charge is 0.454 e. The van der Waals surface area contributed by atoms with E-state index in [0.29, 0.717) is 35.0 Å². The average molecular weight is 381 g/mol. The zero-order chi connectivity index (χ0) is 19.2. The summed E-state index contributed by atoms with van der Waals surface area (Å²) in [5, 5.41) is 11.3. The molecule has 0 radical (unpaired) electrons. The molecule has 3 aliphatic heterocycles. The molecule has 3 atom stereocenters. The lowest BCUT2D eigenvalue weighted by molar-refractivity contribution is 0.00594. The minimum Gasteiger partial charge on any atom is -0.454 e. The normalized spacial score (nSPS) is 28.7. The fraction of sp³-hybridized carbons (Fsp3) is 0.381. The van der Waals surface area contributed by atoms with Gasteiger partial charge in [-0.25, -0.2) is 0 Å². The van der Waals surface area contributed by atoms with Crippen LogP contribution in [0, 0.1) is 0 Å². The minimum absolute atomic E-state index is 0.0950. The Morgan fingerprint density at radius 3 is 2.61 bits per heavy atom. The molecule has 0 aromatic heterocycles. The maximum Gasteiger partial charge on any atom is 0.258 e. The van der Waals surface area contributed by atoms with E-state index in [1.807, 2.05) is 31.2 Å². The summed E-state index contributed by atoms with van der Waals surface area (Å²) in [6, 6.07) is 7.26. The van der Waals surface area contributed by atoms with Crippen molar-refractivity contribution in [3.05, 3.63) is 46.5 Å². The number of hydrogen-bond acceptors (Lipinski definition) is 6. The van der Waals surface area contributed by atoms with Crippen LogP contribution in [-0.2, 0) is 11.8 Å². The molecule has 0 unspecified atom stereocenters. The number of amides is 1. The molecule has 2 aromatic carbocycles. The molecule has 4 aliphatic rings. The van der Waals surface area contributed by atoms with E-state index in [1.165, 1.54) is 0 Å². The highest BCUT2D eigenvalue weighted by Crippen LogP contribution is 2.57. The molecule has 1 aliphatic carbocycles. The van der Waals surface area contributed by atoms with Gasteiger partial charge in [0, 0.05) is 12.5 Å². The van der Waals surface area contributed by atoms with Gasteiger partial charge in [0.2, 0.25) is 13.6 Å². The Morgan fingerprint density at radius 2 is 1.79 bits per heavy atom. The number of fused-ring (bicyclic) bond motifs is 8. The molecule has 0 fully saturated rings. The third-order valence-electron chi connectivity index (χ3n) is 6.64. The summed E-state index contributed by atoms with van der Waals surface area (Å²) in [4.78, 5) is 15.1. The Kier molecular flexibility index (Phi) is 2.93. The number of hydrogen-bond donors (Lipinski definition) is 1. The van der Waals surface area contributed by atoms with Crippen LogP contribution in [-0.4, -0.2) is 42.7 Å². The van der Waals surface area contributed by atoms with Crippen molar-refractivity contribution in [1.82, 2.24) is 4.90 Å². The molecule has 0 spiro atoms. The summed E-state index contributed by atoms with van der Waals surface area (Å²) < 4.78 is 22.2. The fourth-order valence-electron chi connectivity index (χ4n) is 5.22. The molecular weight excluding hydrogens is 362 g/mol. The molecule has 0 saturated carbocycles. The van der Waals surface area contributed by atoms with Crippen molar-refractivity contribution in [2.75, 3.05) is 20.6 Å². The number of rotatable bonds is 0. The second-order valence-electron chi connectivity index (χ2n) is 7.95. The van der Waals surface area contributed by atoms with E-state index in [0.717, 1.165) is 16.7 Å². The van der Waals surface area contributed by atoms with Gasteiger partial charge in [0.05, 0.1) is 17.7 Å². The molecule has 1 amide bonds. The second kappa shape index (κ2) is 5.11. The van der Waals surface area contributed by atoms with Crippen LogP contribution in [0.3, 0.4) is 0 Å². The lowest BCUT2D eigenvalue weighted by Crippen LogP contribution is -2.57. The number of benzene rings is 2. The molecule has 7 heteroatoms. The van der Waals surface area contributed by atoms with Crippen LogP contribution in [0.4, 0.5) is 0 Å². The van der Waals surface area contributed by atoms with Crippen LogP contribution in [0.15, 0.2) is 24.3 Å². The highest BCUT2D eigenvalue weighted by molar-refractivity contribution is 6.01. The van der Waals surface area contributed by atoms with Crippen molar-refractivity contribution in [3.8, 4) is 23.0 Å². The summed E-state index contributed by atoms with van der Waals surface area (Å²) in [6.07, 6.45) is -0.213. The van der Waals surface area contributed by atoms with Gasteiger partial charge in [0.1, 0.15) is 0 Å². The van der Waals surface area contributed by atoms with Crippen molar-refractivity contribution in [2.24, 2.45) is 0 Å². The molecule has 1 N–H and O–H groups in total. The van der Waals surface area contributed by atoms with Gasteiger partial charge in [-0.3, -0.25) is 4.79 Å². The highest BCUT2D eigenvalue weighted by atomic mass is 16.7. The van der Waals surface area contributed by atoms with Gasteiger partial charge < -0.3 is 29.0 Å². The monoisotopic (exact) mass is 381 g/mol. The van der Waals surface area contributed by atoms with Crippen molar-refractivity contribution < 1.29 is 28.8 Å². The molecule has 144 valence electrons. The maximum atomic E-state index is 13.4. The predicted molar refractivity (Wildman–Crippen MR) is 97.0 cm³/mol. The lowest BCUT2D eigenvalue weighted by atomic mass is 9.60. The van der Waals surface area contributed by atoms with Crippen molar-refractivity contribution >= 4 is 5.91 Å². The third kappa shape index (κ3) is 1.75. The molecule has 3 heterocycles. The van der Waals surface area contributed by atoms with E-state index in [2.05, 4.69) is 0 Å². The summed E-state index contributed by atoms with van der Waals surface area (Å²) >= 11 is 0. The average Bonchev–Trinajstić information content (AvgIpc) is 3.33. The van der Waals surface area contributed by atoms with Gasteiger partial charge in [0.15, 0.2) is 23.0 Å². The molecule has 0 bridgehead atoms. The zero-order valence-corrected chi connectivity index (χ0v) is 15.5. The smallest absolute Gasteiger partial charge is 0.258 e. The summed E-state index contributed by atoms with van der Waals surface area (Å²) in [6.45, 7) is 2.29. The van der Waals surface area contributed by atoms with E-state index in [1.54, 1.807) is 11.9 Å². The van der Waals surface area contributed by atoms with E-state index >= 15 is 0 Å². The van der Waals surface area contributed by atoms with Crippen LogP contribution in [0.2, 0.25) is 0 Å². The maximum absolute atomic E-state index is 13.4. The van der Waals surface area contributed by atoms with Crippen LogP contribution in [0.25, 0.3) is 0 Å². The Labute approximate surface area is 161 Å². The van der Waals surface area contributed by atoms with Crippen LogP contribution in [0.1, 0.15) is 40.0 Å². The van der Waals surface area contributed by atoms with Crippen LogP contribution < -0.4 is 18.9 Å². The van der Waals surface area contributed by atoms with Gasteiger partial charge in [-0.1, -0.05) is 13.0 Å². The zero-order valence-electron chi connectivity index (χ0n) is 15.5. The molecule has 2 aromatic rings. The minimum atomic E-state index is -0.695. The van der Waals surface area contributed by atoms with Gasteiger partial charge in [-0.2, -0.15) is 0 Å². The number of nitrogens with zero attached hydrogens (tertiary/aromatic N) is 1. The first-order chi connectivity index (χ1) is 13.5. The summed E-state index contributed by atoms with van der Waals surface area (Å²) in [7, 11) is 1.77.